The van der Waals surface area contributed by atoms with Crippen molar-refractivity contribution in [3.8, 4) is 17.6 Å². The Morgan fingerprint density at radius 3 is 2.36 bits per heavy atom. The SMILES string of the molecule is N#CCC(=O)Nc1cccc(Oc2c(F)cc(C(F)(F)F)cc2F)c1. The lowest BCUT2D eigenvalue weighted by molar-refractivity contribution is -0.138. The highest BCUT2D eigenvalue weighted by molar-refractivity contribution is 5.92. The van der Waals surface area contributed by atoms with Gasteiger partial charge in [0.05, 0.1) is 11.6 Å². The first-order valence-corrected chi connectivity index (χ1v) is 6.71. The van der Waals surface area contributed by atoms with E-state index < -0.39 is 41.5 Å². The second kappa shape index (κ2) is 7.17. The van der Waals surface area contributed by atoms with E-state index in [1.165, 1.54) is 24.3 Å². The number of hydrogen-bond donors (Lipinski definition) is 1. The van der Waals surface area contributed by atoms with E-state index in [0.29, 0.717) is 0 Å². The van der Waals surface area contributed by atoms with E-state index in [1.807, 2.05) is 0 Å². The number of carbonyl (C=O) groups is 1. The number of rotatable bonds is 4. The highest BCUT2D eigenvalue weighted by Gasteiger charge is 2.33. The summed E-state index contributed by atoms with van der Waals surface area (Å²) in [5.74, 6) is -4.77. The number of anilines is 1. The molecular weight excluding hydrogens is 347 g/mol. The molecule has 0 unspecified atom stereocenters. The Morgan fingerprint density at radius 2 is 1.80 bits per heavy atom. The number of nitrogens with one attached hydrogen (secondary N) is 1. The van der Waals surface area contributed by atoms with Crippen LogP contribution in [0, 0.1) is 23.0 Å². The molecule has 130 valence electrons. The number of hydrogen-bond acceptors (Lipinski definition) is 3. The average molecular weight is 356 g/mol. The van der Waals surface area contributed by atoms with Crippen LogP contribution in [0.5, 0.6) is 11.5 Å². The van der Waals surface area contributed by atoms with E-state index in [-0.39, 0.29) is 23.6 Å². The Balaban J connectivity index is 2.26. The van der Waals surface area contributed by atoms with Crippen LogP contribution in [0.3, 0.4) is 0 Å². The number of nitrogens with zero attached hydrogens (tertiary/aromatic N) is 1. The number of carbonyl (C=O) groups excluding carboxylic acids is 1. The van der Waals surface area contributed by atoms with E-state index in [4.69, 9.17) is 10.00 Å². The monoisotopic (exact) mass is 356 g/mol. The van der Waals surface area contributed by atoms with E-state index in [9.17, 15) is 26.7 Å². The molecule has 2 aromatic rings. The molecule has 0 aromatic heterocycles. The van der Waals surface area contributed by atoms with Gasteiger partial charge in [-0.15, -0.1) is 0 Å². The molecule has 0 aliphatic rings. The molecular formula is C16H9F5N2O2. The summed E-state index contributed by atoms with van der Waals surface area (Å²) >= 11 is 0. The van der Waals surface area contributed by atoms with Crippen LogP contribution in [-0.4, -0.2) is 5.91 Å². The van der Waals surface area contributed by atoms with Gasteiger partial charge in [-0.1, -0.05) is 6.07 Å². The largest absolute Gasteiger partial charge is 0.451 e. The van der Waals surface area contributed by atoms with Gasteiger partial charge in [0.1, 0.15) is 12.2 Å². The number of halogens is 5. The normalized spacial score (nSPS) is 10.9. The summed E-state index contributed by atoms with van der Waals surface area (Å²) in [5.41, 5.74) is -1.29. The topological polar surface area (TPSA) is 62.1 Å². The third-order valence-corrected chi connectivity index (χ3v) is 2.90. The summed E-state index contributed by atoms with van der Waals surface area (Å²) in [5, 5.41) is 10.8. The van der Waals surface area contributed by atoms with Crippen molar-refractivity contribution in [3.63, 3.8) is 0 Å². The van der Waals surface area contributed by atoms with Crippen LogP contribution >= 0.6 is 0 Å². The first kappa shape index (κ1) is 18.2. The van der Waals surface area contributed by atoms with Gasteiger partial charge >= 0.3 is 6.18 Å². The van der Waals surface area contributed by atoms with Gasteiger partial charge in [0, 0.05) is 11.8 Å². The predicted molar refractivity (Wildman–Crippen MR) is 76.7 cm³/mol. The fraction of sp³-hybridized carbons (Fsp3) is 0.125. The third-order valence-electron chi connectivity index (χ3n) is 2.90. The molecule has 2 rings (SSSR count). The number of alkyl halides is 3. The van der Waals surface area contributed by atoms with Crippen molar-refractivity contribution >= 4 is 11.6 Å². The Bertz CT molecular complexity index is 820. The van der Waals surface area contributed by atoms with Crippen molar-refractivity contribution in [2.75, 3.05) is 5.32 Å². The maximum absolute atomic E-state index is 13.8. The number of ether oxygens (including phenoxy) is 1. The zero-order valence-corrected chi connectivity index (χ0v) is 12.3. The van der Waals surface area contributed by atoms with Crippen LogP contribution in [0.25, 0.3) is 0 Å². The van der Waals surface area contributed by atoms with E-state index in [1.54, 1.807) is 6.07 Å². The van der Waals surface area contributed by atoms with Crippen molar-refractivity contribution < 1.29 is 31.5 Å². The van der Waals surface area contributed by atoms with Gasteiger partial charge in [0.2, 0.25) is 5.91 Å². The summed E-state index contributed by atoms with van der Waals surface area (Å²) in [6.45, 7) is 0. The van der Waals surface area contributed by atoms with Gasteiger partial charge in [-0.2, -0.15) is 18.4 Å². The Morgan fingerprint density at radius 1 is 1.16 bits per heavy atom. The smallest absolute Gasteiger partial charge is 0.416 e. The number of nitriles is 1. The standard InChI is InChI=1S/C16H9F5N2O2/c17-12-6-9(16(19,20)21)7-13(18)15(12)25-11-3-1-2-10(8-11)23-14(24)4-5-22/h1-3,6-8H,4H2,(H,23,24). The first-order chi connectivity index (χ1) is 11.7. The lowest BCUT2D eigenvalue weighted by atomic mass is 10.2. The van der Waals surface area contributed by atoms with Gasteiger partial charge in [0.15, 0.2) is 17.4 Å². The van der Waals surface area contributed by atoms with Gasteiger partial charge < -0.3 is 10.1 Å². The fourth-order valence-corrected chi connectivity index (χ4v) is 1.85. The minimum atomic E-state index is -4.90. The van der Waals surface area contributed by atoms with Gasteiger partial charge in [-0.3, -0.25) is 4.79 Å². The van der Waals surface area contributed by atoms with E-state index in [2.05, 4.69) is 5.32 Å². The minimum absolute atomic E-state index is 0.118. The predicted octanol–water partition coefficient (Wildman–Crippen LogP) is 4.63. The van der Waals surface area contributed by atoms with Gasteiger partial charge in [-0.05, 0) is 24.3 Å². The minimum Gasteiger partial charge on any atom is -0.451 e. The summed E-state index contributed by atoms with van der Waals surface area (Å²) in [7, 11) is 0. The molecule has 2 aromatic carbocycles. The molecule has 9 heteroatoms. The van der Waals surface area contributed by atoms with E-state index >= 15 is 0 Å². The van der Waals surface area contributed by atoms with E-state index in [0.717, 1.165) is 0 Å². The zero-order chi connectivity index (χ0) is 18.6. The molecule has 0 saturated carbocycles. The number of amides is 1. The Kier molecular flexibility index (Phi) is 5.22. The molecule has 0 aliphatic carbocycles. The molecule has 0 atom stereocenters. The molecule has 0 bridgehead atoms. The van der Waals surface area contributed by atoms with Crippen LogP contribution in [-0.2, 0) is 11.0 Å². The molecule has 0 saturated heterocycles. The van der Waals surface area contributed by atoms with Gasteiger partial charge in [-0.25, -0.2) is 8.78 Å². The Labute approximate surface area is 138 Å². The first-order valence-electron chi connectivity index (χ1n) is 6.71. The second-order valence-corrected chi connectivity index (χ2v) is 4.78. The van der Waals surface area contributed by atoms with Crippen LogP contribution < -0.4 is 10.1 Å². The highest BCUT2D eigenvalue weighted by Crippen LogP contribution is 2.35. The fourth-order valence-electron chi connectivity index (χ4n) is 1.85. The van der Waals surface area contributed by atoms with Crippen LogP contribution in [0.1, 0.15) is 12.0 Å². The van der Waals surface area contributed by atoms with Crippen LogP contribution in [0.4, 0.5) is 27.6 Å². The van der Waals surface area contributed by atoms with Crippen molar-refractivity contribution in [3.05, 3.63) is 53.6 Å². The van der Waals surface area contributed by atoms with Crippen molar-refractivity contribution in [1.29, 1.82) is 5.26 Å². The summed E-state index contributed by atoms with van der Waals surface area (Å²) in [6, 6.07) is 7.19. The molecule has 1 N–H and O–H groups in total. The van der Waals surface area contributed by atoms with Crippen LogP contribution in [0.2, 0.25) is 0 Å². The average Bonchev–Trinajstić information content (AvgIpc) is 2.50. The molecule has 1 amide bonds. The molecule has 0 heterocycles. The van der Waals surface area contributed by atoms with Crippen molar-refractivity contribution in [2.24, 2.45) is 0 Å². The van der Waals surface area contributed by atoms with Crippen molar-refractivity contribution in [1.82, 2.24) is 0 Å². The quantitative estimate of drug-likeness (QED) is 0.813. The summed E-state index contributed by atoms with van der Waals surface area (Å²) < 4.78 is 70.0. The maximum atomic E-state index is 13.8. The molecule has 0 radical (unpaired) electrons. The maximum Gasteiger partial charge on any atom is 0.416 e. The second-order valence-electron chi connectivity index (χ2n) is 4.78. The highest BCUT2D eigenvalue weighted by atomic mass is 19.4. The third kappa shape index (κ3) is 4.67. The van der Waals surface area contributed by atoms with Gasteiger partial charge in [0.25, 0.3) is 0 Å². The molecule has 25 heavy (non-hydrogen) atoms. The summed E-state index contributed by atoms with van der Waals surface area (Å²) in [4.78, 5) is 11.3. The van der Waals surface area contributed by atoms with Crippen molar-refractivity contribution in [2.45, 2.75) is 12.6 Å². The number of benzene rings is 2. The lowest BCUT2D eigenvalue weighted by Gasteiger charge is -2.12. The lowest BCUT2D eigenvalue weighted by Crippen LogP contribution is -2.10. The zero-order valence-electron chi connectivity index (χ0n) is 12.3. The molecule has 4 nitrogen and oxygen atoms in total. The Hall–Kier alpha value is -3.15. The summed E-state index contributed by atoms with van der Waals surface area (Å²) in [6.07, 6.45) is -5.29. The molecule has 0 spiro atoms. The van der Waals surface area contributed by atoms with Crippen LogP contribution in [0.15, 0.2) is 36.4 Å². The molecule has 0 fully saturated rings. The molecule has 0 aliphatic heterocycles.